The highest BCUT2D eigenvalue weighted by Gasteiger charge is 2.08. The number of para-hydroxylation sites is 1. The van der Waals surface area contributed by atoms with E-state index >= 15 is 0 Å². The minimum absolute atomic E-state index is 0.457. The van der Waals surface area contributed by atoms with Gasteiger partial charge in [-0.1, -0.05) is 12.1 Å². The Morgan fingerprint density at radius 2 is 1.67 bits per heavy atom. The van der Waals surface area contributed by atoms with Crippen LogP contribution in [0.2, 0.25) is 0 Å². The lowest BCUT2D eigenvalue weighted by Crippen LogP contribution is -1.96. The van der Waals surface area contributed by atoms with Crippen LogP contribution in [0.4, 0.5) is 5.69 Å². The van der Waals surface area contributed by atoms with E-state index in [1.54, 1.807) is 20.3 Å². The summed E-state index contributed by atoms with van der Waals surface area (Å²) in [5.41, 5.74) is 6.56. The molecule has 0 bridgehead atoms. The molecule has 2 aromatic rings. The average Bonchev–Trinajstić information content (AvgIpc) is 2.41. The normalized spacial score (nSPS) is 10.1. The molecule has 0 radical (unpaired) electrons. The highest BCUT2D eigenvalue weighted by atomic mass is 32.2. The Bertz CT molecular complexity index is 526. The number of rotatable bonds is 4. The number of methoxy groups -OCH3 is 2. The molecule has 2 N–H and O–H groups in total. The summed E-state index contributed by atoms with van der Waals surface area (Å²) < 4.78 is 10.2. The molecule has 0 unspecified atom stereocenters. The molecular weight excluding hydrogens is 250 g/mol. The highest BCUT2D eigenvalue weighted by Crippen LogP contribution is 2.31. The number of nitrogens with two attached hydrogens (primary N) is 1. The number of nitrogens with zero attached hydrogens (tertiary/aromatic N) is 2. The lowest BCUT2D eigenvalue weighted by Gasteiger charge is -2.07. The van der Waals surface area contributed by atoms with E-state index in [4.69, 9.17) is 15.2 Å². The minimum Gasteiger partial charge on any atom is -0.481 e. The first-order chi connectivity index (χ1) is 8.72. The summed E-state index contributed by atoms with van der Waals surface area (Å²) in [4.78, 5) is 9.36. The van der Waals surface area contributed by atoms with E-state index in [-0.39, 0.29) is 0 Å². The Balaban J connectivity index is 2.31. The lowest BCUT2D eigenvalue weighted by molar-refractivity contribution is 0.364. The molecule has 0 aliphatic rings. The van der Waals surface area contributed by atoms with E-state index in [0.717, 1.165) is 4.90 Å². The molecule has 0 spiro atoms. The zero-order valence-corrected chi connectivity index (χ0v) is 10.9. The number of ether oxygens (including phenoxy) is 2. The van der Waals surface area contributed by atoms with Gasteiger partial charge in [0.05, 0.1) is 20.3 Å². The Labute approximate surface area is 109 Å². The highest BCUT2D eigenvalue weighted by molar-refractivity contribution is 7.99. The van der Waals surface area contributed by atoms with Crippen LogP contribution in [0.15, 0.2) is 40.4 Å². The van der Waals surface area contributed by atoms with Gasteiger partial charge in [-0.25, -0.2) is 0 Å². The summed E-state index contributed by atoms with van der Waals surface area (Å²) in [7, 11) is 3.10. The van der Waals surface area contributed by atoms with Crippen LogP contribution in [0, 0.1) is 0 Å². The van der Waals surface area contributed by atoms with Crippen LogP contribution in [0.25, 0.3) is 0 Å². The molecule has 0 aliphatic heterocycles. The fraction of sp³-hybridized carbons (Fsp3) is 0.167. The summed E-state index contributed by atoms with van der Waals surface area (Å²) in [6, 6.07) is 9.16. The van der Waals surface area contributed by atoms with Crippen LogP contribution in [-0.4, -0.2) is 24.2 Å². The third-order valence-corrected chi connectivity index (χ3v) is 3.15. The summed E-state index contributed by atoms with van der Waals surface area (Å²) >= 11 is 1.37. The van der Waals surface area contributed by atoms with Crippen LogP contribution in [-0.2, 0) is 0 Å². The van der Waals surface area contributed by atoms with Crippen molar-refractivity contribution in [2.24, 2.45) is 0 Å². The van der Waals surface area contributed by atoms with Crippen molar-refractivity contribution in [2.45, 2.75) is 10.1 Å². The molecule has 0 saturated carbocycles. The molecule has 94 valence electrons. The third-order valence-electron chi connectivity index (χ3n) is 2.20. The summed E-state index contributed by atoms with van der Waals surface area (Å²) in [5.74, 6) is 0.915. The Morgan fingerprint density at radius 3 is 2.22 bits per heavy atom. The lowest BCUT2D eigenvalue weighted by atomic mass is 10.3. The molecule has 18 heavy (non-hydrogen) atoms. The van der Waals surface area contributed by atoms with E-state index in [1.165, 1.54) is 11.8 Å². The predicted octanol–water partition coefficient (Wildman–Crippen LogP) is 2.23. The molecule has 6 heteroatoms. The van der Waals surface area contributed by atoms with Gasteiger partial charge in [0.25, 0.3) is 0 Å². The maximum Gasteiger partial charge on any atom is 0.220 e. The predicted molar refractivity (Wildman–Crippen MR) is 70.1 cm³/mol. The zero-order valence-electron chi connectivity index (χ0n) is 10.1. The van der Waals surface area contributed by atoms with Gasteiger partial charge in [-0.15, -0.1) is 0 Å². The number of nitrogen functional groups attached to an aromatic ring is 1. The number of hydrogen-bond donors (Lipinski definition) is 1. The van der Waals surface area contributed by atoms with Crippen molar-refractivity contribution in [3.63, 3.8) is 0 Å². The molecule has 0 amide bonds. The fourth-order valence-corrected chi connectivity index (χ4v) is 2.11. The van der Waals surface area contributed by atoms with Crippen molar-refractivity contribution in [1.29, 1.82) is 0 Å². The van der Waals surface area contributed by atoms with Gasteiger partial charge < -0.3 is 15.2 Å². The van der Waals surface area contributed by atoms with Crippen LogP contribution < -0.4 is 15.2 Å². The van der Waals surface area contributed by atoms with E-state index in [2.05, 4.69) is 9.97 Å². The first-order valence-corrected chi connectivity index (χ1v) is 6.04. The summed E-state index contributed by atoms with van der Waals surface area (Å²) in [5, 5.41) is 0.532. The Kier molecular flexibility index (Phi) is 3.88. The van der Waals surface area contributed by atoms with E-state index in [9.17, 15) is 0 Å². The molecule has 0 fully saturated rings. The van der Waals surface area contributed by atoms with Crippen LogP contribution in [0.3, 0.4) is 0 Å². The molecule has 2 rings (SSSR count). The summed E-state index contributed by atoms with van der Waals surface area (Å²) in [6.45, 7) is 0. The summed E-state index contributed by atoms with van der Waals surface area (Å²) in [6.07, 6.45) is 0. The third kappa shape index (κ3) is 2.84. The smallest absolute Gasteiger partial charge is 0.220 e. The van der Waals surface area contributed by atoms with Crippen molar-refractivity contribution in [3.05, 3.63) is 30.3 Å². The van der Waals surface area contributed by atoms with Crippen molar-refractivity contribution in [2.75, 3.05) is 20.0 Å². The van der Waals surface area contributed by atoms with Gasteiger partial charge >= 0.3 is 0 Å². The van der Waals surface area contributed by atoms with Gasteiger partial charge in [0.15, 0.2) is 5.16 Å². The van der Waals surface area contributed by atoms with Gasteiger partial charge in [-0.2, -0.15) is 9.97 Å². The maximum atomic E-state index is 5.87. The number of anilines is 1. The van der Waals surface area contributed by atoms with Crippen molar-refractivity contribution in [1.82, 2.24) is 9.97 Å². The molecule has 0 atom stereocenters. The Morgan fingerprint density at radius 1 is 1.06 bits per heavy atom. The zero-order chi connectivity index (χ0) is 13.0. The van der Waals surface area contributed by atoms with Gasteiger partial charge in [-0.3, -0.25) is 0 Å². The van der Waals surface area contributed by atoms with Crippen molar-refractivity contribution >= 4 is 17.4 Å². The fourth-order valence-electron chi connectivity index (χ4n) is 1.31. The molecule has 1 heterocycles. The van der Waals surface area contributed by atoms with E-state index in [0.29, 0.717) is 22.6 Å². The van der Waals surface area contributed by atoms with Crippen LogP contribution in [0.1, 0.15) is 0 Å². The van der Waals surface area contributed by atoms with Gasteiger partial charge in [-0.05, 0) is 23.9 Å². The van der Waals surface area contributed by atoms with Crippen molar-refractivity contribution < 1.29 is 9.47 Å². The molecular formula is C12H13N3O2S. The molecule has 5 nitrogen and oxygen atoms in total. The Hall–Kier alpha value is -1.95. The van der Waals surface area contributed by atoms with Crippen molar-refractivity contribution in [3.8, 4) is 11.8 Å². The van der Waals surface area contributed by atoms with E-state index < -0.39 is 0 Å². The van der Waals surface area contributed by atoms with E-state index in [1.807, 2.05) is 24.3 Å². The SMILES string of the molecule is COc1cc(OC)nc(Sc2ccccc2N)n1. The largest absolute Gasteiger partial charge is 0.481 e. The van der Waals surface area contributed by atoms with Gasteiger partial charge in [0.2, 0.25) is 11.8 Å². The first-order valence-electron chi connectivity index (χ1n) is 5.22. The topological polar surface area (TPSA) is 70.3 Å². The first kappa shape index (κ1) is 12.5. The number of benzene rings is 1. The molecule has 1 aromatic carbocycles. The monoisotopic (exact) mass is 263 g/mol. The second-order valence-corrected chi connectivity index (χ2v) is 4.38. The molecule has 0 aliphatic carbocycles. The maximum absolute atomic E-state index is 5.87. The second kappa shape index (κ2) is 5.59. The van der Waals surface area contributed by atoms with Crippen LogP contribution >= 0.6 is 11.8 Å². The minimum atomic E-state index is 0.457. The molecule has 1 aromatic heterocycles. The number of aromatic nitrogens is 2. The quantitative estimate of drug-likeness (QED) is 0.673. The van der Waals surface area contributed by atoms with Gasteiger partial charge in [0.1, 0.15) is 0 Å². The molecule has 0 saturated heterocycles. The average molecular weight is 263 g/mol. The number of hydrogen-bond acceptors (Lipinski definition) is 6. The van der Waals surface area contributed by atoms with Crippen LogP contribution in [0.5, 0.6) is 11.8 Å². The standard InChI is InChI=1S/C12H13N3O2S/c1-16-10-7-11(17-2)15-12(14-10)18-9-6-4-3-5-8(9)13/h3-7H,13H2,1-2H3. The van der Waals surface area contributed by atoms with Gasteiger partial charge in [0, 0.05) is 10.6 Å². The second-order valence-electron chi connectivity index (χ2n) is 3.38.